The molecule has 2 aromatic rings. The second-order valence-corrected chi connectivity index (χ2v) is 6.34. The quantitative estimate of drug-likeness (QED) is 0.823. The second kappa shape index (κ2) is 5.88. The largest absolute Gasteiger partial charge is 0.295 e. The summed E-state index contributed by atoms with van der Waals surface area (Å²) in [7, 11) is -8.94. The van der Waals surface area contributed by atoms with Crippen molar-refractivity contribution in [1.29, 1.82) is 0 Å². The SMILES string of the molecule is CC.O=S(=O)(O)c1cccc2c(S(=O)(=O)O)cccc12. The number of fused-ring (bicyclic) bond motifs is 1. The molecule has 0 heterocycles. The first-order chi connectivity index (χ1) is 9.21. The van der Waals surface area contributed by atoms with Crippen molar-refractivity contribution in [3.05, 3.63) is 36.4 Å². The molecule has 0 aliphatic heterocycles. The molecule has 20 heavy (non-hydrogen) atoms. The topological polar surface area (TPSA) is 109 Å². The van der Waals surface area contributed by atoms with Crippen LogP contribution in [0, 0.1) is 0 Å². The minimum atomic E-state index is -4.47. The lowest BCUT2D eigenvalue weighted by atomic mass is 10.1. The molecular formula is C12H14O6S2. The summed E-state index contributed by atoms with van der Waals surface area (Å²) in [6.45, 7) is 4.00. The number of hydrogen-bond acceptors (Lipinski definition) is 4. The maximum atomic E-state index is 11.2. The van der Waals surface area contributed by atoms with Crippen LogP contribution in [-0.2, 0) is 20.2 Å². The third kappa shape index (κ3) is 3.34. The lowest BCUT2D eigenvalue weighted by Crippen LogP contribution is -2.02. The first-order valence-corrected chi connectivity index (χ1v) is 8.56. The van der Waals surface area contributed by atoms with E-state index in [1.807, 2.05) is 13.8 Å². The van der Waals surface area contributed by atoms with Crippen molar-refractivity contribution in [3.63, 3.8) is 0 Å². The van der Waals surface area contributed by atoms with E-state index in [0.717, 1.165) is 12.1 Å². The van der Waals surface area contributed by atoms with Gasteiger partial charge in [-0.2, -0.15) is 16.8 Å². The van der Waals surface area contributed by atoms with E-state index in [9.17, 15) is 16.8 Å². The van der Waals surface area contributed by atoms with Crippen LogP contribution < -0.4 is 0 Å². The van der Waals surface area contributed by atoms with Gasteiger partial charge in [0.1, 0.15) is 9.79 Å². The van der Waals surface area contributed by atoms with Gasteiger partial charge < -0.3 is 0 Å². The molecule has 0 saturated heterocycles. The Balaban J connectivity index is 0.000000956. The summed E-state index contributed by atoms with van der Waals surface area (Å²) in [6.07, 6.45) is 0. The smallest absolute Gasteiger partial charge is 0.282 e. The van der Waals surface area contributed by atoms with Crippen LogP contribution >= 0.6 is 0 Å². The molecule has 0 saturated carbocycles. The number of rotatable bonds is 2. The molecule has 2 aromatic carbocycles. The highest BCUT2D eigenvalue weighted by molar-refractivity contribution is 7.86. The molecule has 0 aromatic heterocycles. The van der Waals surface area contributed by atoms with Crippen molar-refractivity contribution in [3.8, 4) is 0 Å². The minimum absolute atomic E-state index is 0.0233. The molecule has 6 nitrogen and oxygen atoms in total. The van der Waals surface area contributed by atoms with Gasteiger partial charge >= 0.3 is 0 Å². The van der Waals surface area contributed by atoms with E-state index in [-0.39, 0.29) is 10.8 Å². The van der Waals surface area contributed by atoms with Gasteiger partial charge in [0.15, 0.2) is 0 Å². The second-order valence-electron chi connectivity index (χ2n) is 3.56. The molecule has 0 aliphatic rings. The summed E-state index contributed by atoms with van der Waals surface area (Å²) in [5.74, 6) is 0. The van der Waals surface area contributed by atoms with Crippen molar-refractivity contribution >= 4 is 31.0 Å². The van der Waals surface area contributed by atoms with E-state index in [1.54, 1.807) is 0 Å². The maximum Gasteiger partial charge on any atom is 0.295 e. The van der Waals surface area contributed by atoms with Crippen molar-refractivity contribution in [2.45, 2.75) is 23.6 Å². The first-order valence-electron chi connectivity index (χ1n) is 5.68. The lowest BCUT2D eigenvalue weighted by molar-refractivity contribution is 0.481. The molecule has 0 radical (unpaired) electrons. The fraction of sp³-hybridized carbons (Fsp3) is 0.167. The number of benzene rings is 2. The third-order valence-electron chi connectivity index (χ3n) is 2.40. The van der Waals surface area contributed by atoms with Gasteiger partial charge in [-0.1, -0.05) is 38.1 Å². The zero-order valence-corrected chi connectivity index (χ0v) is 12.4. The molecule has 0 bridgehead atoms. The van der Waals surface area contributed by atoms with E-state index >= 15 is 0 Å². The average molecular weight is 318 g/mol. The Bertz CT molecular complexity index is 751. The monoisotopic (exact) mass is 318 g/mol. The van der Waals surface area contributed by atoms with Gasteiger partial charge in [-0.05, 0) is 12.1 Å². The molecule has 110 valence electrons. The van der Waals surface area contributed by atoms with E-state index in [0.29, 0.717) is 0 Å². The van der Waals surface area contributed by atoms with E-state index in [4.69, 9.17) is 9.11 Å². The van der Waals surface area contributed by atoms with Crippen LogP contribution in [0.3, 0.4) is 0 Å². The number of hydrogen-bond donors (Lipinski definition) is 2. The van der Waals surface area contributed by atoms with Gasteiger partial charge in [-0.3, -0.25) is 9.11 Å². The Morgan fingerprint density at radius 2 is 1.00 bits per heavy atom. The van der Waals surface area contributed by atoms with Gasteiger partial charge in [-0.15, -0.1) is 0 Å². The Hall–Kier alpha value is -1.48. The van der Waals surface area contributed by atoms with Crippen molar-refractivity contribution < 1.29 is 25.9 Å². The third-order valence-corrected chi connectivity index (χ3v) is 4.22. The van der Waals surface area contributed by atoms with Gasteiger partial charge in [0.05, 0.1) is 0 Å². The van der Waals surface area contributed by atoms with Crippen molar-refractivity contribution in [1.82, 2.24) is 0 Å². The van der Waals surface area contributed by atoms with E-state index in [2.05, 4.69) is 0 Å². The van der Waals surface area contributed by atoms with Gasteiger partial charge in [0, 0.05) is 10.8 Å². The Morgan fingerprint density at radius 3 is 1.25 bits per heavy atom. The van der Waals surface area contributed by atoms with Crippen LogP contribution in [0.2, 0.25) is 0 Å². The first kappa shape index (κ1) is 16.6. The Labute approximate surface area is 117 Å². The summed E-state index contributed by atoms with van der Waals surface area (Å²) >= 11 is 0. The highest BCUT2D eigenvalue weighted by atomic mass is 32.2. The van der Waals surface area contributed by atoms with Gasteiger partial charge in [0.2, 0.25) is 0 Å². The van der Waals surface area contributed by atoms with Crippen LogP contribution in [-0.4, -0.2) is 25.9 Å². The summed E-state index contributed by atoms with van der Waals surface area (Å²) in [5, 5.41) is 0.0465. The molecule has 0 spiro atoms. The van der Waals surface area contributed by atoms with Crippen LogP contribution in [0.5, 0.6) is 0 Å². The van der Waals surface area contributed by atoms with Crippen LogP contribution in [0.25, 0.3) is 10.8 Å². The van der Waals surface area contributed by atoms with Crippen LogP contribution in [0.15, 0.2) is 46.2 Å². The normalized spacial score (nSPS) is 11.8. The van der Waals surface area contributed by atoms with Crippen LogP contribution in [0.1, 0.15) is 13.8 Å². The maximum absolute atomic E-state index is 11.2. The predicted molar refractivity (Wildman–Crippen MR) is 74.9 cm³/mol. The highest BCUT2D eigenvalue weighted by Crippen LogP contribution is 2.27. The van der Waals surface area contributed by atoms with E-state index < -0.39 is 30.0 Å². The molecule has 0 fully saturated rings. The molecule has 8 heteroatoms. The average Bonchev–Trinajstić information content (AvgIpc) is 2.37. The minimum Gasteiger partial charge on any atom is -0.282 e. The van der Waals surface area contributed by atoms with Crippen LogP contribution in [0.4, 0.5) is 0 Å². The molecule has 2 rings (SSSR count). The van der Waals surface area contributed by atoms with Gasteiger partial charge in [0.25, 0.3) is 20.2 Å². The standard InChI is InChI=1S/C10H8O6S2.C2H6/c11-17(12,13)9-5-1-3-7-8(9)4-2-6-10(7)18(14,15)16;1-2/h1-6H,(H,11,12,13)(H,14,15,16);1-2H3. The predicted octanol–water partition coefficient (Wildman–Crippen LogP) is 2.36. The summed E-state index contributed by atoms with van der Waals surface area (Å²) < 4.78 is 62.7. The lowest BCUT2D eigenvalue weighted by Gasteiger charge is -2.06. The Kier molecular flexibility index (Phi) is 4.87. The van der Waals surface area contributed by atoms with Crippen molar-refractivity contribution in [2.75, 3.05) is 0 Å². The fourth-order valence-electron chi connectivity index (χ4n) is 1.70. The molecule has 0 aliphatic carbocycles. The van der Waals surface area contributed by atoms with E-state index in [1.165, 1.54) is 24.3 Å². The molecule has 0 atom stereocenters. The molecule has 0 unspecified atom stereocenters. The zero-order valence-electron chi connectivity index (χ0n) is 10.8. The summed E-state index contributed by atoms with van der Waals surface area (Å²) in [5.41, 5.74) is 0. The molecular weight excluding hydrogens is 304 g/mol. The fourth-order valence-corrected chi connectivity index (χ4v) is 3.12. The summed E-state index contributed by atoms with van der Waals surface area (Å²) in [4.78, 5) is -0.823. The highest BCUT2D eigenvalue weighted by Gasteiger charge is 2.18. The van der Waals surface area contributed by atoms with Gasteiger partial charge in [-0.25, -0.2) is 0 Å². The zero-order chi connectivity index (χ0) is 15.6. The molecule has 0 amide bonds. The summed E-state index contributed by atoms with van der Waals surface area (Å²) in [6, 6.07) is 7.53. The van der Waals surface area contributed by atoms with Crippen molar-refractivity contribution in [2.24, 2.45) is 0 Å². The Morgan fingerprint density at radius 1 is 0.700 bits per heavy atom. The molecule has 2 N–H and O–H groups in total.